The smallest absolute Gasteiger partial charge is 0.333 e. The van der Waals surface area contributed by atoms with Crippen molar-refractivity contribution < 1.29 is 13.6 Å². The van der Waals surface area contributed by atoms with E-state index in [1.54, 1.807) is 24.3 Å². The number of hydrogen-bond donors (Lipinski definition) is 2. The molecule has 6 nitrogen and oxygen atoms in total. The third-order valence-electron chi connectivity index (χ3n) is 2.55. The fourth-order valence-electron chi connectivity index (χ4n) is 1.48. The van der Waals surface area contributed by atoms with Gasteiger partial charge in [-0.15, -0.1) is 0 Å². The number of benzene rings is 1. The Morgan fingerprint density at radius 1 is 1.42 bits per heavy atom. The number of nitrogens with one attached hydrogen (secondary N) is 1. The summed E-state index contributed by atoms with van der Waals surface area (Å²) in [6, 6.07) is 5.83. The highest BCUT2D eigenvalue weighted by atomic mass is 32.2. The standard InChI is InChI=1S/C12H19N3O3S/c1-2-3-8-14-12(16)15(19(17)18)11-6-4-10(9-13)5-7-11/h4-7H,2-3,8-9,13H2,1H3,(H,14,16)(H,17,18)/p-1. The maximum absolute atomic E-state index is 11.8. The second-order valence-corrected chi connectivity index (χ2v) is 4.77. The fourth-order valence-corrected chi connectivity index (χ4v) is 1.98. The van der Waals surface area contributed by atoms with Gasteiger partial charge in [-0.25, -0.2) is 9.10 Å². The van der Waals surface area contributed by atoms with Crippen molar-refractivity contribution in [3.05, 3.63) is 29.8 Å². The monoisotopic (exact) mass is 284 g/mol. The van der Waals surface area contributed by atoms with Crippen molar-refractivity contribution in [2.75, 3.05) is 10.8 Å². The zero-order valence-corrected chi connectivity index (χ0v) is 11.6. The number of hydrogen-bond acceptors (Lipinski definition) is 4. The minimum atomic E-state index is -2.66. The summed E-state index contributed by atoms with van der Waals surface area (Å²) in [5, 5.41) is 2.56. The van der Waals surface area contributed by atoms with Crippen molar-refractivity contribution in [2.45, 2.75) is 26.3 Å². The zero-order valence-electron chi connectivity index (χ0n) is 10.8. The number of carbonyl (C=O) groups is 1. The maximum Gasteiger partial charge on any atom is 0.333 e. The number of amides is 2. The summed E-state index contributed by atoms with van der Waals surface area (Å²) < 4.78 is 23.0. The number of unbranched alkanes of at least 4 members (excludes halogenated alkanes) is 1. The highest BCUT2D eigenvalue weighted by Crippen LogP contribution is 2.16. The fraction of sp³-hybridized carbons (Fsp3) is 0.417. The third-order valence-corrected chi connectivity index (χ3v) is 3.22. The molecule has 0 aliphatic heterocycles. The molecule has 3 N–H and O–H groups in total. The van der Waals surface area contributed by atoms with Crippen LogP contribution >= 0.6 is 0 Å². The number of rotatable bonds is 6. The lowest BCUT2D eigenvalue weighted by Gasteiger charge is -2.24. The average Bonchev–Trinajstić information content (AvgIpc) is 2.39. The minimum absolute atomic E-state index is 0.291. The van der Waals surface area contributed by atoms with Crippen LogP contribution in [0.25, 0.3) is 0 Å². The first-order chi connectivity index (χ1) is 9.10. The molecule has 0 heterocycles. The zero-order chi connectivity index (χ0) is 14.3. The molecule has 0 radical (unpaired) electrons. The Kier molecular flexibility index (Phi) is 6.48. The van der Waals surface area contributed by atoms with Gasteiger partial charge < -0.3 is 15.6 Å². The molecule has 1 atom stereocenters. The summed E-state index contributed by atoms with van der Waals surface area (Å²) in [5.41, 5.74) is 6.62. The molecule has 106 valence electrons. The molecule has 0 saturated carbocycles. The van der Waals surface area contributed by atoms with Crippen LogP contribution in [0.1, 0.15) is 25.3 Å². The van der Waals surface area contributed by atoms with E-state index in [0.717, 1.165) is 18.4 Å². The van der Waals surface area contributed by atoms with Crippen LogP contribution in [-0.2, 0) is 17.8 Å². The van der Waals surface area contributed by atoms with E-state index in [1.807, 2.05) is 6.92 Å². The van der Waals surface area contributed by atoms with Gasteiger partial charge in [-0.1, -0.05) is 25.5 Å². The van der Waals surface area contributed by atoms with Gasteiger partial charge in [0, 0.05) is 13.1 Å². The maximum atomic E-state index is 11.8. The van der Waals surface area contributed by atoms with E-state index in [9.17, 15) is 13.6 Å². The highest BCUT2D eigenvalue weighted by molar-refractivity contribution is 7.81. The van der Waals surface area contributed by atoms with Gasteiger partial charge in [0.05, 0.1) is 17.0 Å². The van der Waals surface area contributed by atoms with Crippen molar-refractivity contribution in [2.24, 2.45) is 5.73 Å². The largest absolute Gasteiger partial charge is 0.755 e. The Morgan fingerprint density at radius 2 is 2.05 bits per heavy atom. The SMILES string of the molecule is CCCCNC(=O)N(c1ccc(CN)cc1)S(=O)[O-]. The van der Waals surface area contributed by atoms with Gasteiger partial charge in [0.15, 0.2) is 0 Å². The van der Waals surface area contributed by atoms with Crippen LogP contribution in [0, 0.1) is 0 Å². The Labute approximate surface area is 115 Å². The molecule has 0 aromatic heterocycles. The van der Waals surface area contributed by atoms with Crippen molar-refractivity contribution in [3.8, 4) is 0 Å². The molecule has 0 aliphatic rings. The number of nitrogens with two attached hydrogens (primary N) is 1. The summed E-state index contributed by atoms with van der Waals surface area (Å²) >= 11 is -2.66. The summed E-state index contributed by atoms with van der Waals surface area (Å²) in [5.74, 6) is 0. The lowest BCUT2D eigenvalue weighted by molar-refractivity contribution is 0.249. The number of urea groups is 1. The van der Waals surface area contributed by atoms with E-state index in [1.165, 1.54) is 0 Å². The molecule has 7 heteroatoms. The first-order valence-corrected chi connectivity index (χ1v) is 7.09. The van der Waals surface area contributed by atoms with Gasteiger partial charge in [-0.05, 0) is 24.1 Å². The molecule has 1 aromatic carbocycles. The molecule has 1 aromatic rings. The van der Waals surface area contributed by atoms with Crippen molar-refractivity contribution >= 4 is 23.0 Å². The summed E-state index contributed by atoms with van der Waals surface area (Å²) in [7, 11) is 0. The third kappa shape index (κ3) is 4.62. The molecule has 2 amide bonds. The van der Waals surface area contributed by atoms with Crippen LogP contribution in [0.2, 0.25) is 0 Å². The van der Waals surface area contributed by atoms with Crippen molar-refractivity contribution in [1.82, 2.24) is 5.32 Å². The molecular weight excluding hydrogens is 266 g/mol. The number of carbonyl (C=O) groups excluding carboxylic acids is 1. The van der Waals surface area contributed by atoms with Crippen molar-refractivity contribution in [3.63, 3.8) is 0 Å². The average molecular weight is 284 g/mol. The number of anilines is 1. The van der Waals surface area contributed by atoms with Crippen LogP contribution in [-0.4, -0.2) is 21.3 Å². The molecular formula is C12H18N3O3S-. The molecule has 0 spiro atoms. The first-order valence-electron chi connectivity index (χ1n) is 6.06. The van der Waals surface area contributed by atoms with E-state index in [4.69, 9.17) is 5.73 Å². The van der Waals surface area contributed by atoms with Gasteiger partial charge >= 0.3 is 6.03 Å². The highest BCUT2D eigenvalue weighted by Gasteiger charge is 2.15. The topological polar surface area (TPSA) is 98.5 Å². The first kappa shape index (κ1) is 15.6. The van der Waals surface area contributed by atoms with Crippen LogP contribution in [0.15, 0.2) is 24.3 Å². The van der Waals surface area contributed by atoms with Gasteiger partial charge in [0.1, 0.15) is 0 Å². The summed E-state index contributed by atoms with van der Waals surface area (Å²) in [6.45, 7) is 2.80. The van der Waals surface area contributed by atoms with Crippen LogP contribution in [0.5, 0.6) is 0 Å². The molecule has 0 fully saturated rings. The van der Waals surface area contributed by atoms with E-state index in [2.05, 4.69) is 5.32 Å². The summed E-state index contributed by atoms with van der Waals surface area (Å²) in [6.07, 6.45) is 1.73. The van der Waals surface area contributed by atoms with Crippen molar-refractivity contribution in [1.29, 1.82) is 0 Å². The van der Waals surface area contributed by atoms with E-state index >= 15 is 0 Å². The molecule has 1 rings (SSSR count). The molecule has 0 saturated heterocycles. The van der Waals surface area contributed by atoms with Gasteiger partial charge in [0.25, 0.3) is 0 Å². The lowest BCUT2D eigenvalue weighted by Crippen LogP contribution is -2.41. The normalized spacial score (nSPS) is 11.9. The predicted molar refractivity (Wildman–Crippen MR) is 74.0 cm³/mol. The second kappa shape index (κ2) is 7.88. The Bertz CT molecular complexity index is 436. The lowest BCUT2D eigenvalue weighted by atomic mass is 10.2. The Balaban J connectivity index is 2.81. The molecule has 1 unspecified atom stereocenters. The molecule has 0 bridgehead atoms. The second-order valence-electron chi connectivity index (χ2n) is 3.97. The Morgan fingerprint density at radius 3 is 2.53 bits per heavy atom. The van der Waals surface area contributed by atoms with Crippen LogP contribution in [0.4, 0.5) is 10.5 Å². The van der Waals surface area contributed by atoms with E-state index in [-0.39, 0.29) is 0 Å². The van der Waals surface area contributed by atoms with E-state index in [0.29, 0.717) is 23.1 Å². The summed E-state index contributed by atoms with van der Waals surface area (Å²) in [4.78, 5) is 11.8. The molecule has 0 aliphatic carbocycles. The number of nitrogens with zero attached hydrogens (tertiary/aromatic N) is 1. The van der Waals surface area contributed by atoms with E-state index < -0.39 is 17.3 Å². The van der Waals surface area contributed by atoms with Gasteiger partial charge in [-0.2, -0.15) is 0 Å². The quantitative estimate of drug-likeness (QED) is 0.606. The molecule has 19 heavy (non-hydrogen) atoms. The Hall–Kier alpha value is -1.44. The minimum Gasteiger partial charge on any atom is -0.755 e. The van der Waals surface area contributed by atoms with Crippen LogP contribution in [0.3, 0.4) is 0 Å². The van der Waals surface area contributed by atoms with Crippen LogP contribution < -0.4 is 15.4 Å². The van der Waals surface area contributed by atoms with Gasteiger partial charge in [0.2, 0.25) is 0 Å². The predicted octanol–water partition coefficient (Wildman–Crippen LogP) is 1.26. The van der Waals surface area contributed by atoms with Gasteiger partial charge in [-0.3, -0.25) is 4.21 Å².